The summed E-state index contributed by atoms with van der Waals surface area (Å²) in [5, 5.41) is 4.49. The molecule has 1 aliphatic rings. The topological polar surface area (TPSA) is 12.0 Å². The summed E-state index contributed by atoms with van der Waals surface area (Å²) in [4.78, 5) is 2.95. The number of rotatable bonds is 3. The van der Waals surface area contributed by atoms with Crippen LogP contribution in [0.1, 0.15) is 35.1 Å². The van der Waals surface area contributed by atoms with E-state index in [-0.39, 0.29) is 0 Å². The molecule has 0 aromatic carbocycles. The van der Waals surface area contributed by atoms with Crippen molar-refractivity contribution in [2.45, 2.75) is 51.4 Å². The van der Waals surface area contributed by atoms with Crippen molar-refractivity contribution >= 4 is 23.1 Å². The predicted octanol–water partition coefficient (Wildman–Crippen LogP) is 3.74. The number of nitrogens with one attached hydrogen (secondary N) is 1. The lowest BCUT2D eigenvalue weighted by atomic mass is 10.1. The lowest BCUT2D eigenvalue weighted by Crippen LogP contribution is -2.38. The fraction of sp³-hybridized carbons (Fsp3) is 0.692. The van der Waals surface area contributed by atoms with Gasteiger partial charge in [0.2, 0.25) is 0 Å². The summed E-state index contributed by atoms with van der Waals surface area (Å²) < 4.78 is 0. The largest absolute Gasteiger partial charge is 0.308 e. The molecule has 1 aromatic rings. The molecule has 90 valence electrons. The monoisotopic (exact) mass is 255 g/mol. The number of aryl methyl sites for hydroxylation is 2. The molecule has 0 spiro atoms. The van der Waals surface area contributed by atoms with Crippen molar-refractivity contribution in [2.75, 3.05) is 5.75 Å². The summed E-state index contributed by atoms with van der Waals surface area (Å²) in [6.07, 6.45) is 2.71. The van der Waals surface area contributed by atoms with Gasteiger partial charge < -0.3 is 5.32 Å². The van der Waals surface area contributed by atoms with Crippen molar-refractivity contribution in [3.8, 4) is 0 Å². The van der Waals surface area contributed by atoms with Gasteiger partial charge >= 0.3 is 0 Å². The van der Waals surface area contributed by atoms with Gasteiger partial charge in [0.1, 0.15) is 0 Å². The molecule has 1 saturated heterocycles. The van der Waals surface area contributed by atoms with E-state index in [9.17, 15) is 0 Å². The molecule has 2 heterocycles. The Labute approximate surface area is 107 Å². The molecule has 0 radical (unpaired) electrons. The lowest BCUT2D eigenvalue weighted by Gasteiger charge is -2.29. The van der Waals surface area contributed by atoms with Gasteiger partial charge in [0, 0.05) is 27.6 Å². The van der Waals surface area contributed by atoms with Crippen molar-refractivity contribution in [3.63, 3.8) is 0 Å². The van der Waals surface area contributed by atoms with Crippen LogP contribution in [-0.4, -0.2) is 17.0 Å². The quantitative estimate of drug-likeness (QED) is 0.883. The van der Waals surface area contributed by atoms with E-state index in [1.807, 2.05) is 11.3 Å². The lowest BCUT2D eigenvalue weighted by molar-refractivity contribution is 0.464. The molecule has 3 heteroatoms. The molecule has 0 aliphatic carbocycles. The molecular weight excluding hydrogens is 234 g/mol. The van der Waals surface area contributed by atoms with E-state index >= 15 is 0 Å². The molecule has 2 rings (SSSR count). The minimum atomic E-state index is 0.710. The van der Waals surface area contributed by atoms with Crippen LogP contribution in [0.25, 0.3) is 0 Å². The van der Waals surface area contributed by atoms with Crippen LogP contribution >= 0.6 is 23.1 Å². The third-order valence-electron chi connectivity index (χ3n) is 3.36. The highest BCUT2D eigenvalue weighted by molar-refractivity contribution is 7.99. The van der Waals surface area contributed by atoms with Crippen LogP contribution in [0.3, 0.4) is 0 Å². The van der Waals surface area contributed by atoms with Crippen LogP contribution in [0.2, 0.25) is 0 Å². The smallest absolute Gasteiger partial charge is 0.0302 e. The summed E-state index contributed by atoms with van der Waals surface area (Å²) in [7, 11) is 0. The molecule has 16 heavy (non-hydrogen) atoms. The second-order valence-electron chi connectivity index (χ2n) is 4.66. The van der Waals surface area contributed by atoms with Gasteiger partial charge in [-0.1, -0.05) is 6.92 Å². The van der Waals surface area contributed by atoms with Gasteiger partial charge in [-0.15, -0.1) is 11.3 Å². The second-order valence-corrected chi connectivity index (χ2v) is 7.48. The summed E-state index contributed by atoms with van der Waals surface area (Å²) >= 11 is 4.05. The van der Waals surface area contributed by atoms with Crippen LogP contribution in [0.5, 0.6) is 0 Å². The van der Waals surface area contributed by atoms with Crippen LogP contribution in [0, 0.1) is 13.8 Å². The molecule has 2 unspecified atom stereocenters. The van der Waals surface area contributed by atoms with E-state index in [1.165, 1.54) is 33.9 Å². The van der Waals surface area contributed by atoms with Gasteiger partial charge in [-0.25, -0.2) is 0 Å². The summed E-state index contributed by atoms with van der Waals surface area (Å²) in [6.45, 7) is 7.82. The molecule has 1 aromatic heterocycles. The third-order valence-corrected chi connectivity index (χ3v) is 5.89. The molecule has 1 fully saturated rings. The molecular formula is C13H21NS2. The second kappa shape index (κ2) is 5.56. The average molecular weight is 255 g/mol. The Kier molecular flexibility index (Phi) is 4.34. The highest BCUT2D eigenvalue weighted by Crippen LogP contribution is 2.26. The van der Waals surface area contributed by atoms with Crippen molar-refractivity contribution in [1.29, 1.82) is 0 Å². The fourth-order valence-electron chi connectivity index (χ4n) is 2.16. The van der Waals surface area contributed by atoms with Gasteiger partial charge in [0.25, 0.3) is 0 Å². The molecule has 1 N–H and O–H groups in total. The zero-order valence-electron chi connectivity index (χ0n) is 10.4. The molecule has 1 aliphatic heterocycles. The maximum Gasteiger partial charge on any atom is 0.0302 e. The van der Waals surface area contributed by atoms with Crippen molar-refractivity contribution in [3.05, 3.63) is 21.4 Å². The first kappa shape index (κ1) is 12.5. The average Bonchev–Trinajstić information content (AvgIpc) is 2.57. The van der Waals surface area contributed by atoms with Gasteiger partial charge in [0.15, 0.2) is 0 Å². The Morgan fingerprint density at radius 2 is 2.25 bits per heavy atom. The van der Waals surface area contributed by atoms with Crippen LogP contribution < -0.4 is 5.32 Å². The number of hydrogen-bond acceptors (Lipinski definition) is 3. The van der Waals surface area contributed by atoms with E-state index in [1.54, 1.807) is 0 Å². The normalized spacial score (nSPS) is 25.9. The first-order chi connectivity index (χ1) is 7.66. The highest BCUT2D eigenvalue weighted by Gasteiger charge is 2.21. The zero-order chi connectivity index (χ0) is 11.5. The van der Waals surface area contributed by atoms with Crippen LogP contribution in [-0.2, 0) is 6.54 Å². The van der Waals surface area contributed by atoms with Crippen molar-refractivity contribution in [1.82, 2.24) is 5.32 Å². The SMILES string of the molecule is Cc1cc(CNC2CCCSC2C)sc1C. The summed E-state index contributed by atoms with van der Waals surface area (Å²) in [5.41, 5.74) is 1.44. The van der Waals surface area contributed by atoms with E-state index in [4.69, 9.17) is 0 Å². The van der Waals surface area contributed by atoms with Gasteiger partial charge in [-0.05, 0) is 44.1 Å². The Morgan fingerprint density at radius 1 is 1.44 bits per heavy atom. The van der Waals surface area contributed by atoms with Crippen molar-refractivity contribution in [2.24, 2.45) is 0 Å². The summed E-state index contributed by atoms with van der Waals surface area (Å²) in [5.74, 6) is 1.34. The molecule has 2 atom stereocenters. The highest BCUT2D eigenvalue weighted by atomic mass is 32.2. The van der Waals surface area contributed by atoms with Gasteiger partial charge in [0.05, 0.1) is 0 Å². The predicted molar refractivity (Wildman–Crippen MR) is 75.6 cm³/mol. The first-order valence-corrected chi connectivity index (χ1v) is 7.94. The Morgan fingerprint density at radius 3 is 2.88 bits per heavy atom. The van der Waals surface area contributed by atoms with Crippen LogP contribution in [0.15, 0.2) is 6.07 Å². The number of hydrogen-bond donors (Lipinski definition) is 1. The van der Waals surface area contributed by atoms with E-state index in [0.717, 1.165) is 11.8 Å². The third kappa shape index (κ3) is 3.02. The molecule has 0 bridgehead atoms. The molecule has 1 nitrogen and oxygen atoms in total. The van der Waals surface area contributed by atoms with Gasteiger partial charge in [-0.3, -0.25) is 0 Å². The maximum atomic E-state index is 3.72. The van der Waals surface area contributed by atoms with E-state index in [0.29, 0.717) is 6.04 Å². The maximum absolute atomic E-state index is 3.72. The van der Waals surface area contributed by atoms with E-state index < -0.39 is 0 Å². The summed E-state index contributed by atoms with van der Waals surface area (Å²) in [6, 6.07) is 3.04. The minimum Gasteiger partial charge on any atom is -0.308 e. The minimum absolute atomic E-state index is 0.710. The Bertz CT molecular complexity index is 326. The number of thiophene rings is 1. The van der Waals surface area contributed by atoms with Crippen molar-refractivity contribution < 1.29 is 0 Å². The zero-order valence-corrected chi connectivity index (χ0v) is 12.0. The number of thioether (sulfide) groups is 1. The fourth-order valence-corrected chi connectivity index (χ4v) is 4.33. The Balaban J connectivity index is 1.86. The van der Waals surface area contributed by atoms with Crippen LogP contribution in [0.4, 0.5) is 0 Å². The van der Waals surface area contributed by atoms with E-state index in [2.05, 4.69) is 43.9 Å². The van der Waals surface area contributed by atoms with Gasteiger partial charge in [-0.2, -0.15) is 11.8 Å². The first-order valence-electron chi connectivity index (χ1n) is 6.07. The molecule has 0 amide bonds. The molecule has 0 saturated carbocycles. The Hall–Kier alpha value is 0.01000. The standard InChI is InChI=1S/C13H21NS2/c1-9-7-12(16-10(9)2)8-14-13-5-4-6-15-11(13)3/h7,11,13-14H,4-6,8H2,1-3H3.